The fraction of sp³-hybridized carbons (Fsp3) is 0.611. The highest BCUT2D eigenvalue weighted by atomic mass is 79.9. The molecule has 0 saturated heterocycles. The second-order valence-electron chi connectivity index (χ2n) is 7.27. The molecule has 2 N–H and O–H groups in total. The van der Waals surface area contributed by atoms with Gasteiger partial charge in [-0.05, 0) is 64.2 Å². The van der Waals surface area contributed by atoms with Gasteiger partial charge in [-0.1, -0.05) is 28.1 Å². The second-order valence-corrected chi connectivity index (χ2v) is 8.19. The molecule has 2 atom stereocenters. The maximum Gasteiger partial charge on any atom is 0.407 e. The summed E-state index contributed by atoms with van der Waals surface area (Å²) in [5, 5.41) is 6.55. The molecule has 1 fully saturated rings. The number of ether oxygens (including phenoxy) is 1. The summed E-state index contributed by atoms with van der Waals surface area (Å²) in [7, 11) is 0. The summed E-state index contributed by atoms with van der Waals surface area (Å²) in [5.74, 6) is 0.638. The predicted molar refractivity (Wildman–Crippen MR) is 96.4 cm³/mol. The van der Waals surface area contributed by atoms with Crippen LogP contribution in [0.1, 0.15) is 52.1 Å². The fourth-order valence-corrected chi connectivity index (χ4v) is 2.98. The summed E-state index contributed by atoms with van der Waals surface area (Å²) in [6.07, 6.45) is 2.10. The number of alkyl carbamates (subject to hydrolysis) is 1. The van der Waals surface area contributed by atoms with Gasteiger partial charge in [-0.15, -0.1) is 0 Å². The number of halogens is 1. The largest absolute Gasteiger partial charge is 0.444 e. The van der Waals surface area contributed by atoms with Crippen molar-refractivity contribution in [3.63, 3.8) is 0 Å². The molecule has 0 spiro atoms. The molecule has 2 rings (SSSR count). The third-order valence-electron chi connectivity index (χ3n) is 3.87. The first kappa shape index (κ1) is 18.3. The number of rotatable bonds is 6. The first-order chi connectivity index (χ1) is 10.7. The smallest absolute Gasteiger partial charge is 0.407 e. The molecule has 0 aliphatic heterocycles. The van der Waals surface area contributed by atoms with Crippen molar-refractivity contribution in [3.8, 4) is 0 Å². The van der Waals surface area contributed by atoms with Crippen LogP contribution in [0, 0.1) is 5.92 Å². The maximum atomic E-state index is 11.8. The number of hydrogen-bond donors (Lipinski definition) is 2. The summed E-state index contributed by atoms with van der Waals surface area (Å²) in [4.78, 5) is 11.8. The molecule has 0 aromatic heterocycles. The van der Waals surface area contributed by atoms with Crippen LogP contribution in [-0.4, -0.2) is 24.3 Å². The Hall–Kier alpha value is -1.07. The molecular weight excluding hydrogens is 356 g/mol. The van der Waals surface area contributed by atoms with E-state index in [0.29, 0.717) is 12.5 Å². The highest BCUT2D eigenvalue weighted by Crippen LogP contribution is 2.33. The Morgan fingerprint density at radius 1 is 1.39 bits per heavy atom. The summed E-state index contributed by atoms with van der Waals surface area (Å²) >= 11 is 3.51. The van der Waals surface area contributed by atoms with E-state index in [1.54, 1.807) is 0 Å². The van der Waals surface area contributed by atoms with Gasteiger partial charge in [-0.25, -0.2) is 4.79 Å². The van der Waals surface area contributed by atoms with Gasteiger partial charge in [0, 0.05) is 23.1 Å². The lowest BCUT2D eigenvalue weighted by Gasteiger charge is -2.25. The van der Waals surface area contributed by atoms with Crippen LogP contribution in [0.25, 0.3) is 0 Å². The van der Waals surface area contributed by atoms with Crippen LogP contribution < -0.4 is 10.6 Å². The topological polar surface area (TPSA) is 50.4 Å². The van der Waals surface area contributed by atoms with Crippen LogP contribution in [0.3, 0.4) is 0 Å². The van der Waals surface area contributed by atoms with Crippen LogP contribution in [-0.2, 0) is 4.74 Å². The molecule has 128 valence electrons. The zero-order valence-electron chi connectivity index (χ0n) is 14.4. The minimum atomic E-state index is -0.462. The van der Waals surface area contributed by atoms with Gasteiger partial charge in [0.2, 0.25) is 0 Å². The van der Waals surface area contributed by atoms with E-state index >= 15 is 0 Å². The number of hydrogen-bond acceptors (Lipinski definition) is 3. The molecule has 1 aromatic carbocycles. The number of carbonyl (C=O) groups is 1. The Kier molecular flexibility index (Phi) is 6.09. The van der Waals surface area contributed by atoms with Gasteiger partial charge >= 0.3 is 6.09 Å². The van der Waals surface area contributed by atoms with Gasteiger partial charge in [0.25, 0.3) is 0 Å². The third-order valence-corrected chi connectivity index (χ3v) is 4.36. The molecule has 2 unspecified atom stereocenters. The molecule has 0 radical (unpaired) electrons. The SMILES string of the molecule is CC(NC(CNC(=O)OC(C)(C)C)C1CC1)c1cccc(Br)c1. The van der Waals surface area contributed by atoms with Crippen molar-refractivity contribution in [1.29, 1.82) is 0 Å². The highest BCUT2D eigenvalue weighted by Gasteiger charge is 2.32. The molecule has 1 aliphatic rings. The lowest BCUT2D eigenvalue weighted by molar-refractivity contribution is 0.0520. The predicted octanol–water partition coefficient (Wildman–Crippen LogP) is 4.40. The normalized spacial score (nSPS) is 17.4. The number of nitrogens with one attached hydrogen (secondary N) is 2. The molecule has 0 bridgehead atoms. The second kappa shape index (κ2) is 7.67. The minimum Gasteiger partial charge on any atom is -0.444 e. The van der Waals surface area contributed by atoms with Crippen molar-refractivity contribution >= 4 is 22.0 Å². The maximum absolute atomic E-state index is 11.8. The van der Waals surface area contributed by atoms with Crippen molar-refractivity contribution in [2.24, 2.45) is 5.92 Å². The molecule has 1 amide bonds. The average Bonchev–Trinajstić information content (AvgIpc) is 3.25. The van der Waals surface area contributed by atoms with E-state index in [1.807, 2.05) is 32.9 Å². The standard InChI is InChI=1S/C18H27BrN2O2/c1-12(14-6-5-7-15(19)10-14)21-16(13-8-9-13)11-20-17(22)23-18(2,3)4/h5-7,10,12-13,16,21H,8-9,11H2,1-4H3,(H,20,22). The summed E-state index contributed by atoms with van der Waals surface area (Å²) in [6.45, 7) is 8.37. The molecule has 1 saturated carbocycles. The third kappa shape index (κ3) is 6.51. The van der Waals surface area contributed by atoms with Crippen molar-refractivity contribution in [2.75, 3.05) is 6.54 Å². The van der Waals surface area contributed by atoms with Crippen LogP contribution in [0.2, 0.25) is 0 Å². The van der Waals surface area contributed by atoms with E-state index in [9.17, 15) is 4.79 Å². The van der Waals surface area contributed by atoms with E-state index in [1.165, 1.54) is 18.4 Å². The Bertz CT molecular complexity index is 538. The molecule has 23 heavy (non-hydrogen) atoms. The number of carbonyl (C=O) groups excluding carboxylic acids is 1. The lowest BCUT2D eigenvalue weighted by Crippen LogP contribution is -2.44. The van der Waals surface area contributed by atoms with Crippen LogP contribution in [0.15, 0.2) is 28.7 Å². The minimum absolute atomic E-state index is 0.235. The lowest BCUT2D eigenvalue weighted by atomic mass is 10.1. The van der Waals surface area contributed by atoms with Gasteiger partial charge in [0.05, 0.1) is 0 Å². The molecule has 4 nitrogen and oxygen atoms in total. The van der Waals surface area contributed by atoms with Gasteiger partial charge in [0.1, 0.15) is 5.60 Å². The molecule has 1 aromatic rings. The molecular formula is C18H27BrN2O2. The van der Waals surface area contributed by atoms with E-state index in [2.05, 4.69) is 45.6 Å². The first-order valence-electron chi connectivity index (χ1n) is 8.23. The Morgan fingerprint density at radius 3 is 2.65 bits per heavy atom. The van der Waals surface area contributed by atoms with Crippen LogP contribution in [0.5, 0.6) is 0 Å². The monoisotopic (exact) mass is 382 g/mol. The number of benzene rings is 1. The molecule has 0 heterocycles. The zero-order chi connectivity index (χ0) is 17.0. The van der Waals surface area contributed by atoms with Gasteiger partial charge in [0.15, 0.2) is 0 Å². The van der Waals surface area contributed by atoms with E-state index in [0.717, 1.165) is 4.47 Å². The van der Waals surface area contributed by atoms with Crippen molar-refractivity contribution in [3.05, 3.63) is 34.3 Å². The van der Waals surface area contributed by atoms with Gasteiger partial charge in [-0.2, -0.15) is 0 Å². The van der Waals surface area contributed by atoms with Crippen molar-refractivity contribution in [2.45, 2.75) is 58.2 Å². The molecule has 1 aliphatic carbocycles. The van der Waals surface area contributed by atoms with Crippen LogP contribution >= 0.6 is 15.9 Å². The van der Waals surface area contributed by atoms with E-state index in [-0.39, 0.29) is 18.2 Å². The Balaban J connectivity index is 1.88. The van der Waals surface area contributed by atoms with Gasteiger partial charge in [-0.3, -0.25) is 0 Å². The quantitative estimate of drug-likeness (QED) is 0.766. The van der Waals surface area contributed by atoms with E-state index < -0.39 is 5.60 Å². The summed E-state index contributed by atoms with van der Waals surface area (Å²) in [5.41, 5.74) is 0.776. The highest BCUT2D eigenvalue weighted by molar-refractivity contribution is 9.10. The van der Waals surface area contributed by atoms with Crippen LogP contribution in [0.4, 0.5) is 4.79 Å². The van der Waals surface area contributed by atoms with Crippen molar-refractivity contribution < 1.29 is 9.53 Å². The summed E-state index contributed by atoms with van der Waals surface area (Å²) in [6, 6.07) is 8.83. The summed E-state index contributed by atoms with van der Waals surface area (Å²) < 4.78 is 6.39. The van der Waals surface area contributed by atoms with Gasteiger partial charge < -0.3 is 15.4 Å². The fourth-order valence-electron chi connectivity index (χ4n) is 2.56. The number of amides is 1. The average molecular weight is 383 g/mol. The Morgan fingerprint density at radius 2 is 2.09 bits per heavy atom. The zero-order valence-corrected chi connectivity index (χ0v) is 15.9. The van der Waals surface area contributed by atoms with Crippen molar-refractivity contribution in [1.82, 2.24) is 10.6 Å². The van der Waals surface area contributed by atoms with E-state index in [4.69, 9.17) is 4.74 Å². The molecule has 5 heteroatoms. The Labute approximate surface area is 147 Å². The first-order valence-corrected chi connectivity index (χ1v) is 9.02.